The van der Waals surface area contributed by atoms with Crippen LogP contribution in [0.3, 0.4) is 0 Å². The number of rotatable bonds is 6. The van der Waals surface area contributed by atoms with Crippen LogP contribution in [-0.4, -0.2) is 21.4 Å². The number of fused-ring (bicyclic) bond motifs is 1. The van der Waals surface area contributed by atoms with Crippen molar-refractivity contribution in [3.8, 4) is 0 Å². The van der Waals surface area contributed by atoms with E-state index in [4.69, 9.17) is 4.74 Å². The number of alkyl halides is 2. The molecule has 1 aliphatic rings. The Bertz CT molecular complexity index is 1060. The fraction of sp³-hybridized carbons (Fsp3) is 0.286. The Hall–Kier alpha value is -3.29. The number of ether oxygens (including phenoxy) is 1. The maximum absolute atomic E-state index is 13.6. The molecule has 0 radical (unpaired) electrons. The Morgan fingerprint density at radius 2 is 1.83 bits per heavy atom. The minimum atomic E-state index is -2.81. The SMILES string of the molecule is CC(OC(=O)c1ccc(NC(=O)C2CC2)cc1)c1nc2ccccc2n1C(F)F. The first kappa shape index (κ1) is 19.0. The lowest BCUT2D eigenvalue weighted by Crippen LogP contribution is -2.15. The molecule has 1 aromatic heterocycles. The van der Waals surface area contributed by atoms with Crippen molar-refractivity contribution >= 4 is 28.6 Å². The number of nitrogens with one attached hydrogen (secondary N) is 1. The summed E-state index contributed by atoms with van der Waals surface area (Å²) in [6.07, 6.45) is 0.827. The van der Waals surface area contributed by atoms with E-state index in [1.165, 1.54) is 19.1 Å². The molecule has 0 aliphatic heterocycles. The van der Waals surface area contributed by atoms with Crippen molar-refractivity contribution < 1.29 is 23.1 Å². The second-order valence-corrected chi connectivity index (χ2v) is 6.99. The van der Waals surface area contributed by atoms with Crippen molar-refractivity contribution in [3.05, 3.63) is 59.9 Å². The molecule has 1 amide bonds. The minimum Gasteiger partial charge on any atom is -0.451 e. The molecule has 1 saturated carbocycles. The molecular formula is C21H19F2N3O3. The molecule has 0 spiro atoms. The molecule has 1 atom stereocenters. The Morgan fingerprint density at radius 3 is 2.48 bits per heavy atom. The zero-order valence-electron chi connectivity index (χ0n) is 15.6. The van der Waals surface area contributed by atoms with Crippen LogP contribution >= 0.6 is 0 Å². The Balaban J connectivity index is 1.49. The van der Waals surface area contributed by atoms with E-state index >= 15 is 0 Å². The predicted octanol–water partition coefficient (Wildman–Crippen LogP) is 4.70. The highest BCUT2D eigenvalue weighted by Gasteiger charge is 2.29. The van der Waals surface area contributed by atoms with E-state index in [1.54, 1.807) is 36.4 Å². The molecule has 8 heteroatoms. The monoisotopic (exact) mass is 399 g/mol. The van der Waals surface area contributed by atoms with Crippen LogP contribution < -0.4 is 5.32 Å². The molecule has 0 bridgehead atoms. The Kier molecular flexibility index (Phi) is 5.00. The van der Waals surface area contributed by atoms with Gasteiger partial charge in [0.25, 0.3) is 0 Å². The fourth-order valence-electron chi connectivity index (χ4n) is 3.12. The quantitative estimate of drug-likeness (QED) is 0.610. The van der Waals surface area contributed by atoms with Crippen molar-refractivity contribution in [2.45, 2.75) is 32.4 Å². The number of nitrogens with zero attached hydrogens (tertiary/aromatic N) is 2. The van der Waals surface area contributed by atoms with Crippen molar-refractivity contribution in [1.29, 1.82) is 0 Å². The zero-order chi connectivity index (χ0) is 20.5. The molecule has 1 N–H and O–H groups in total. The molecule has 2 aromatic carbocycles. The first-order chi connectivity index (χ1) is 13.9. The zero-order valence-corrected chi connectivity index (χ0v) is 15.6. The average molecular weight is 399 g/mol. The second kappa shape index (κ2) is 7.62. The van der Waals surface area contributed by atoms with Gasteiger partial charge in [-0.25, -0.2) is 9.78 Å². The normalized spacial score (nSPS) is 14.8. The number of hydrogen-bond acceptors (Lipinski definition) is 4. The van der Waals surface area contributed by atoms with Crippen molar-refractivity contribution in [3.63, 3.8) is 0 Å². The molecular weight excluding hydrogens is 380 g/mol. The first-order valence-corrected chi connectivity index (χ1v) is 9.31. The van der Waals surface area contributed by atoms with Gasteiger partial charge >= 0.3 is 12.5 Å². The van der Waals surface area contributed by atoms with Crippen molar-refractivity contribution in [2.75, 3.05) is 5.32 Å². The van der Waals surface area contributed by atoms with Crippen LogP contribution in [0.5, 0.6) is 0 Å². The van der Waals surface area contributed by atoms with Crippen LogP contribution in [0.15, 0.2) is 48.5 Å². The van der Waals surface area contributed by atoms with Gasteiger partial charge in [-0.3, -0.25) is 9.36 Å². The molecule has 6 nitrogen and oxygen atoms in total. The van der Waals surface area contributed by atoms with Crippen LogP contribution in [0, 0.1) is 5.92 Å². The number of anilines is 1. The maximum atomic E-state index is 13.6. The largest absolute Gasteiger partial charge is 0.451 e. The Morgan fingerprint density at radius 1 is 1.14 bits per heavy atom. The molecule has 3 aromatic rings. The molecule has 29 heavy (non-hydrogen) atoms. The van der Waals surface area contributed by atoms with Gasteiger partial charge in [0, 0.05) is 11.6 Å². The van der Waals surface area contributed by atoms with Crippen molar-refractivity contribution in [1.82, 2.24) is 9.55 Å². The fourth-order valence-corrected chi connectivity index (χ4v) is 3.12. The van der Waals surface area contributed by atoms with Gasteiger partial charge in [0.1, 0.15) is 0 Å². The number of benzene rings is 2. The number of amides is 1. The third-order valence-corrected chi connectivity index (χ3v) is 4.80. The number of carbonyl (C=O) groups excluding carboxylic acids is 2. The van der Waals surface area contributed by atoms with Crippen LogP contribution in [0.4, 0.5) is 14.5 Å². The van der Waals surface area contributed by atoms with Gasteiger partial charge in [0.05, 0.1) is 16.6 Å². The number of imidazole rings is 1. The van der Waals surface area contributed by atoms with Gasteiger partial charge in [0.15, 0.2) is 11.9 Å². The summed E-state index contributed by atoms with van der Waals surface area (Å²) >= 11 is 0. The molecule has 0 saturated heterocycles. The topological polar surface area (TPSA) is 73.2 Å². The highest BCUT2D eigenvalue weighted by molar-refractivity contribution is 5.95. The van der Waals surface area contributed by atoms with E-state index in [0.717, 1.165) is 17.4 Å². The number of carbonyl (C=O) groups is 2. The molecule has 1 unspecified atom stereocenters. The van der Waals surface area contributed by atoms with Gasteiger partial charge in [-0.2, -0.15) is 8.78 Å². The highest BCUT2D eigenvalue weighted by Crippen LogP contribution is 2.31. The third-order valence-electron chi connectivity index (χ3n) is 4.80. The highest BCUT2D eigenvalue weighted by atomic mass is 19.3. The summed E-state index contributed by atoms with van der Waals surface area (Å²) in [5.74, 6) is -0.636. The van der Waals surface area contributed by atoms with E-state index in [2.05, 4.69) is 10.3 Å². The summed E-state index contributed by atoms with van der Waals surface area (Å²) in [6.45, 7) is -1.31. The third kappa shape index (κ3) is 3.96. The average Bonchev–Trinajstić information content (AvgIpc) is 3.48. The summed E-state index contributed by atoms with van der Waals surface area (Å²) in [5, 5.41) is 2.78. The van der Waals surface area contributed by atoms with Crippen molar-refractivity contribution in [2.24, 2.45) is 5.92 Å². The first-order valence-electron chi connectivity index (χ1n) is 9.31. The van der Waals surface area contributed by atoms with Crippen LogP contribution in [0.2, 0.25) is 0 Å². The van der Waals surface area contributed by atoms with Gasteiger partial charge in [-0.1, -0.05) is 12.1 Å². The minimum absolute atomic E-state index is 0.0251. The van der Waals surface area contributed by atoms with E-state index in [-0.39, 0.29) is 28.7 Å². The summed E-state index contributed by atoms with van der Waals surface area (Å²) < 4.78 is 33.3. The van der Waals surface area contributed by atoms with E-state index in [9.17, 15) is 18.4 Å². The lowest BCUT2D eigenvalue weighted by atomic mass is 10.2. The maximum Gasteiger partial charge on any atom is 0.338 e. The predicted molar refractivity (Wildman–Crippen MR) is 103 cm³/mol. The Labute approximate surface area is 165 Å². The summed E-state index contributed by atoms with van der Waals surface area (Å²) in [5.41, 5.74) is 1.52. The molecule has 1 aliphatic carbocycles. The smallest absolute Gasteiger partial charge is 0.338 e. The van der Waals surface area contributed by atoms with Gasteiger partial charge in [0.2, 0.25) is 5.91 Å². The van der Waals surface area contributed by atoms with Gasteiger partial charge in [-0.05, 0) is 56.2 Å². The molecule has 150 valence electrons. The van der Waals surface area contributed by atoms with E-state index in [1.807, 2.05) is 0 Å². The van der Waals surface area contributed by atoms with Crippen LogP contribution in [0.25, 0.3) is 11.0 Å². The lowest BCUT2D eigenvalue weighted by molar-refractivity contribution is -0.117. The van der Waals surface area contributed by atoms with Gasteiger partial charge < -0.3 is 10.1 Å². The second-order valence-electron chi connectivity index (χ2n) is 6.99. The number of esters is 1. The summed E-state index contributed by atoms with van der Waals surface area (Å²) in [6, 6.07) is 12.8. The number of para-hydroxylation sites is 2. The summed E-state index contributed by atoms with van der Waals surface area (Å²) in [7, 11) is 0. The molecule has 1 fully saturated rings. The number of halogens is 2. The van der Waals surface area contributed by atoms with Crippen LogP contribution in [0.1, 0.15) is 48.6 Å². The lowest BCUT2D eigenvalue weighted by Gasteiger charge is -2.15. The van der Waals surface area contributed by atoms with Crippen LogP contribution in [-0.2, 0) is 9.53 Å². The molecule has 4 rings (SSSR count). The number of hydrogen-bond donors (Lipinski definition) is 1. The van der Waals surface area contributed by atoms with E-state index in [0.29, 0.717) is 11.2 Å². The molecule has 1 heterocycles. The van der Waals surface area contributed by atoms with Gasteiger partial charge in [-0.15, -0.1) is 0 Å². The summed E-state index contributed by atoms with van der Waals surface area (Å²) in [4.78, 5) is 28.4. The number of aromatic nitrogens is 2. The standard InChI is InChI=1S/C21H19F2N3O3/c1-12(18-25-16-4-2-3-5-17(16)26(18)21(22)23)29-20(28)14-8-10-15(11-9-14)24-19(27)13-6-7-13/h2-5,8-13,21H,6-7H2,1H3,(H,24,27). The van der Waals surface area contributed by atoms with E-state index < -0.39 is 18.6 Å².